The minimum absolute atomic E-state index is 0.139. The highest BCUT2D eigenvalue weighted by molar-refractivity contribution is 14.1. The van der Waals surface area contributed by atoms with Gasteiger partial charge in [-0.1, -0.05) is 0 Å². The van der Waals surface area contributed by atoms with E-state index in [1.165, 1.54) is 24.3 Å². The van der Waals surface area contributed by atoms with Gasteiger partial charge in [0.2, 0.25) is 0 Å². The fourth-order valence-corrected chi connectivity index (χ4v) is 2.64. The molecule has 0 fully saturated rings. The first-order valence-electron chi connectivity index (χ1n) is 7.91. The number of benzene rings is 2. The normalized spacial score (nSPS) is 11.8. The van der Waals surface area contributed by atoms with Crippen LogP contribution in [0.4, 0.5) is 4.39 Å². The minimum Gasteiger partial charge on any atom is -0.490 e. The summed E-state index contributed by atoms with van der Waals surface area (Å²) in [6, 6.07) is 12.8. The Morgan fingerprint density at radius 2 is 1.88 bits per heavy atom. The van der Waals surface area contributed by atoms with Gasteiger partial charge in [-0.25, -0.2) is 14.2 Å². The van der Waals surface area contributed by atoms with Crippen molar-refractivity contribution in [1.29, 1.82) is 0 Å². The van der Waals surface area contributed by atoms with Crippen molar-refractivity contribution in [2.75, 3.05) is 6.61 Å². The summed E-state index contributed by atoms with van der Waals surface area (Å²) in [5.74, 6) is -0.251. The van der Waals surface area contributed by atoms with Crippen LogP contribution >= 0.6 is 22.6 Å². The van der Waals surface area contributed by atoms with Gasteiger partial charge in [0.25, 0.3) is 0 Å². The Labute approximate surface area is 163 Å². The van der Waals surface area contributed by atoms with Gasteiger partial charge in [-0.3, -0.25) is 0 Å². The van der Waals surface area contributed by atoms with Gasteiger partial charge in [-0.05, 0) is 71.1 Å². The van der Waals surface area contributed by atoms with E-state index < -0.39 is 12.1 Å². The Hall–Kier alpha value is -2.42. The summed E-state index contributed by atoms with van der Waals surface area (Å²) in [6.07, 6.45) is 4.55. The zero-order valence-electron chi connectivity index (χ0n) is 13.7. The third kappa shape index (κ3) is 5.29. The van der Waals surface area contributed by atoms with Gasteiger partial charge in [0.1, 0.15) is 18.2 Å². The molecule has 0 aliphatic rings. The monoisotopic (exact) mass is 466 g/mol. The second-order valence-electron chi connectivity index (χ2n) is 5.56. The summed E-state index contributed by atoms with van der Waals surface area (Å²) in [7, 11) is 0. The number of aromatic nitrogens is 2. The molecule has 0 amide bonds. The summed E-state index contributed by atoms with van der Waals surface area (Å²) in [6.45, 7) is 0.539. The molecule has 1 heterocycles. The van der Waals surface area contributed by atoms with E-state index in [2.05, 4.69) is 27.6 Å². The van der Waals surface area contributed by atoms with Crippen LogP contribution in [0.15, 0.2) is 67.3 Å². The number of rotatable bonds is 7. The van der Waals surface area contributed by atoms with Crippen molar-refractivity contribution < 1.29 is 18.7 Å². The van der Waals surface area contributed by atoms with E-state index in [0.29, 0.717) is 17.9 Å². The maximum atomic E-state index is 13.0. The van der Waals surface area contributed by atoms with Gasteiger partial charge in [-0.2, -0.15) is 0 Å². The van der Waals surface area contributed by atoms with E-state index in [1.54, 1.807) is 35.4 Å². The molecule has 3 aromatic rings. The molecule has 0 radical (unpaired) electrons. The molecule has 26 heavy (non-hydrogen) atoms. The van der Waals surface area contributed by atoms with E-state index in [4.69, 9.17) is 9.47 Å². The van der Waals surface area contributed by atoms with E-state index in [1.807, 2.05) is 12.1 Å². The lowest BCUT2D eigenvalue weighted by Gasteiger charge is -2.19. The number of carbonyl (C=O) groups is 1. The molecule has 5 nitrogen and oxygen atoms in total. The topological polar surface area (TPSA) is 53.4 Å². The molecule has 0 saturated carbocycles. The predicted octanol–water partition coefficient (Wildman–Crippen LogP) is 3.93. The number of hydrogen-bond acceptors (Lipinski definition) is 4. The van der Waals surface area contributed by atoms with Gasteiger partial charge in [0, 0.05) is 16.0 Å². The molecule has 0 aliphatic heterocycles. The Balaban J connectivity index is 1.66. The van der Waals surface area contributed by atoms with E-state index in [-0.39, 0.29) is 12.4 Å². The number of imidazole rings is 1. The smallest absolute Gasteiger partial charge is 0.338 e. The highest BCUT2D eigenvalue weighted by atomic mass is 127. The van der Waals surface area contributed by atoms with Gasteiger partial charge < -0.3 is 14.0 Å². The lowest BCUT2D eigenvalue weighted by molar-refractivity contribution is 0.0125. The van der Waals surface area contributed by atoms with E-state index in [0.717, 1.165) is 3.57 Å². The molecule has 2 aromatic carbocycles. The molecule has 0 saturated heterocycles. The lowest BCUT2D eigenvalue weighted by atomic mass is 10.2. The highest BCUT2D eigenvalue weighted by Gasteiger charge is 2.18. The van der Waals surface area contributed by atoms with Crippen molar-refractivity contribution in [3.8, 4) is 5.75 Å². The van der Waals surface area contributed by atoms with Crippen LogP contribution in [0.1, 0.15) is 10.4 Å². The highest BCUT2D eigenvalue weighted by Crippen LogP contribution is 2.14. The van der Waals surface area contributed by atoms with Crippen molar-refractivity contribution in [2.24, 2.45) is 0 Å². The van der Waals surface area contributed by atoms with Crippen LogP contribution in [0, 0.1) is 9.39 Å². The molecule has 134 valence electrons. The molecular formula is C19H16FIN2O3. The largest absolute Gasteiger partial charge is 0.490 e. The van der Waals surface area contributed by atoms with E-state index >= 15 is 0 Å². The van der Waals surface area contributed by atoms with Crippen LogP contribution in [0.25, 0.3) is 0 Å². The Bertz CT molecular complexity index is 836. The van der Waals surface area contributed by atoms with Crippen LogP contribution in [-0.2, 0) is 11.3 Å². The molecule has 3 rings (SSSR count). The van der Waals surface area contributed by atoms with Crippen molar-refractivity contribution >= 4 is 28.6 Å². The van der Waals surface area contributed by atoms with Crippen LogP contribution in [0.5, 0.6) is 5.75 Å². The quantitative estimate of drug-likeness (QED) is 0.391. The Morgan fingerprint density at radius 3 is 2.54 bits per heavy atom. The van der Waals surface area contributed by atoms with Crippen LogP contribution in [0.3, 0.4) is 0 Å². The van der Waals surface area contributed by atoms with Crippen LogP contribution < -0.4 is 4.74 Å². The summed E-state index contributed by atoms with van der Waals surface area (Å²) in [5.41, 5.74) is 0.475. The second kappa shape index (κ2) is 8.79. The van der Waals surface area contributed by atoms with Crippen LogP contribution in [-0.4, -0.2) is 28.2 Å². The first kappa shape index (κ1) is 18.4. The Kier molecular flexibility index (Phi) is 6.21. The standard InChI is InChI=1S/C19H16FIN2O3/c20-15-3-7-17(8-4-15)25-12-18(11-23-10-9-22-13-23)26-19(24)14-1-5-16(21)6-2-14/h1-10,13,18H,11-12H2. The maximum Gasteiger partial charge on any atom is 0.338 e. The SMILES string of the molecule is O=C(OC(COc1ccc(F)cc1)Cn1ccnc1)c1ccc(I)cc1. The van der Waals surface area contributed by atoms with Crippen molar-refractivity contribution in [3.05, 3.63) is 82.2 Å². The molecular weight excluding hydrogens is 450 g/mol. The fourth-order valence-electron chi connectivity index (χ4n) is 2.28. The summed E-state index contributed by atoms with van der Waals surface area (Å²) in [5, 5.41) is 0. The number of carbonyl (C=O) groups excluding carboxylic acids is 1. The predicted molar refractivity (Wildman–Crippen MR) is 102 cm³/mol. The van der Waals surface area contributed by atoms with Gasteiger partial charge in [0.05, 0.1) is 18.4 Å². The molecule has 1 aromatic heterocycles. The molecule has 0 aliphatic carbocycles. The molecule has 0 N–H and O–H groups in total. The average molecular weight is 466 g/mol. The van der Waals surface area contributed by atoms with Gasteiger partial charge in [0.15, 0.2) is 6.10 Å². The number of nitrogens with zero attached hydrogens (tertiary/aromatic N) is 2. The van der Waals surface area contributed by atoms with Crippen molar-refractivity contribution in [2.45, 2.75) is 12.6 Å². The third-order valence-corrected chi connectivity index (χ3v) is 4.30. The van der Waals surface area contributed by atoms with Crippen molar-refractivity contribution in [3.63, 3.8) is 0 Å². The lowest BCUT2D eigenvalue weighted by Crippen LogP contribution is -2.29. The average Bonchev–Trinajstić information content (AvgIpc) is 3.14. The maximum absolute atomic E-state index is 13.0. The van der Waals surface area contributed by atoms with Gasteiger partial charge in [-0.15, -0.1) is 0 Å². The summed E-state index contributed by atoms with van der Waals surface area (Å²) < 4.78 is 27.1. The molecule has 1 atom stereocenters. The van der Waals surface area contributed by atoms with Gasteiger partial charge >= 0.3 is 5.97 Å². The minimum atomic E-state index is -0.527. The number of esters is 1. The zero-order chi connectivity index (χ0) is 18.4. The third-order valence-electron chi connectivity index (χ3n) is 3.58. The number of ether oxygens (including phenoxy) is 2. The van der Waals surface area contributed by atoms with E-state index in [9.17, 15) is 9.18 Å². The molecule has 0 bridgehead atoms. The summed E-state index contributed by atoms with van der Waals surface area (Å²) >= 11 is 2.17. The number of halogens is 2. The van der Waals surface area contributed by atoms with Crippen molar-refractivity contribution in [1.82, 2.24) is 9.55 Å². The number of hydrogen-bond donors (Lipinski definition) is 0. The zero-order valence-corrected chi connectivity index (χ0v) is 15.9. The molecule has 0 spiro atoms. The van der Waals surface area contributed by atoms with Crippen LogP contribution in [0.2, 0.25) is 0 Å². The second-order valence-corrected chi connectivity index (χ2v) is 6.80. The fraction of sp³-hybridized carbons (Fsp3) is 0.158. The first-order chi connectivity index (χ1) is 12.6. The molecule has 1 unspecified atom stereocenters. The first-order valence-corrected chi connectivity index (χ1v) is 8.99. The summed E-state index contributed by atoms with van der Waals surface area (Å²) in [4.78, 5) is 16.4. The Morgan fingerprint density at radius 1 is 1.15 bits per heavy atom. The molecule has 7 heteroatoms.